The quantitative estimate of drug-likeness (QED) is 0.637. The fourth-order valence-electron chi connectivity index (χ4n) is 1.34. The lowest BCUT2D eigenvalue weighted by Gasteiger charge is -2.00. The lowest BCUT2D eigenvalue weighted by Crippen LogP contribution is -1.92. The molecule has 4 heteroatoms. The molecule has 0 radical (unpaired) electrons. The van der Waals surface area contributed by atoms with Crippen molar-refractivity contribution in [1.82, 2.24) is 0 Å². The van der Waals surface area contributed by atoms with Gasteiger partial charge in [-0.15, -0.1) is 0 Å². The SMILES string of the molecule is CC.Nc1ccc(N=Cc2ccc(F)cc2)cc1N. The molecule has 0 atom stereocenters. The second-order valence-electron chi connectivity index (χ2n) is 3.62. The number of nitrogen functional groups attached to an aromatic ring is 2. The van der Waals surface area contributed by atoms with Crippen LogP contribution in [0.3, 0.4) is 0 Å². The van der Waals surface area contributed by atoms with Gasteiger partial charge in [0.05, 0.1) is 17.1 Å². The highest BCUT2D eigenvalue weighted by Gasteiger charge is 1.95. The number of rotatable bonds is 2. The van der Waals surface area contributed by atoms with Crippen molar-refractivity contribution in [2.45, 2.75) is 13.8 Å². The summed E-state index contributed by atoms with van der Waals surface area (Å²) in [5.41, 5.74) is 13.8. The standard InChI is InChI=1S/C13H12FN3.C2H6/c14-10-3-1-9(2-4-10)8-17-11-5-6-12(15)13(16)7-11;1-2/h1-8H,15-16H2;1-2H3. The summed E-state index contributed by atoms with van der Waals surface area (Å²) in [7, 11) is 0. The highest BCUT2D eigenvalue weighted by molar-refractivity contribution is 5.82. The molecule has 2 aromatic carbocycles. The van der Waals surface area contributed by atoms with E-state index in [0.717, 1.165) is 5.56 Å². The summed E-state index contributed by atoms with van der Waals surface area (Å²) in [4.78, 5) is 4.23. The predicted octanol–water partition coefficient (Wildman–Crippen LogP) is 3.77. The Morgan fingerprint density at radius 2 is 1.58 bits per heavy atom. The fourth-order valence-corrected chi connectivity index (χ4v) is 1.34. The van der Waals surface area contributed by atoms with E-state index in [-0.39, 0.29) is 5.82 Å². The Hall–Kier alpha value is -2.36. The van der Waals surface area contributed by atoms with Crippen molar-refractivity contribution < 1.29 is 4.39 Å². The first kappa shape index (κ1) is 14.7. The number of benzene rings is 2. The summed E-state index contributed by atoms with van der Waals surface area (Å²) < 4.78 is 12.7. The number of hydrogen-bond donors (Lipinski definition) is 2. The zero-order chi connectivity index (χ0) is 14.3. The molecule has 4 N–H and O–H groups in total. The Balaban J connectivity index is 0.000000861. The highest BCUT2D eigenvalue weighted by Crippen LogP contribution is 2.21. The first-order chi connectivity index (χ1) is 9.15. The Bertz CT molecular complexity index is 548. The molecular weight excluding hydrogens is 241 g/mol. The van der Waals surface area contributed by atoms with Gasteiger partial charge in [0.15, 0.2) is 0 Å². The molecule has 2 aromatic rings. The van der Waals surface area contributed by atoms with E-state index in [1.165, 1.54) is 12.1 Å². The minimum Gasteiger partial charge on any atom is -0.397 e. The van der Waals surface area contributed by atoms with Crippen molar-refractivity contribution in [3.8, 4) is 0 Å². The van der Waals surface area contributed by atoms with Crippen LogP contribution in [0.5, 0.6) is 0 Å². The number of aliphatic imine (C=N–C) groups is 1. The van der Waals surface area contributed by atoms with Crippen LogP contribution in [0.1, 0.15) is 19.4 Å². The van der Waals surface area contributed by atoms with Crippen molar-refractivity contribution in [3.63, 3.8) is 0 Å². The van der Waals surface area contributed by atoms with E-state index in [0.29, 0.717) is 17.1 Å². The summed E-state index contributed by atoms with van der Waals surface area (Å²) in [6.45, 7) is 4.00. The molecule has 3 nitrogen and oxygen atoms in total. The van der Waals surface area contributed by atoms with Crippen LogP contribution in [0.25, 0.3) is 0 Å². The normalized spacial score (nSPS) is 10.1. The van der Waals surface area contributed by atoms with Gasteiger partial charge in [-0.1, -0.05) is 26.0 Å². The molecule has 0 saturated heterocycles. The minimum atomic E-state index is -0.265. The molecule has 100 valence electrons. The molecule has 0 aromatic heterocycles. The van der Waals surface area contributed by atoms with Crippen LogP contribution in [-0.2, 0) is 0 Å². The maximum atomic E-state index is 12.7. The molecule has 2 rings (SSSR count). The summed E-state index contributed by atoms with van der Waals surface area (Å²) in [5, 5.41) is 0. The van der Waals surface area contributed by atoms with Crippen LogP contribution in [0, 0.1) is 5.82 Å². The van der Waals surface area contributed by atoms with Gasteiger partial charge in [-0.3, -0.25) is 4.99 Å². The first-order valence-electron chi connectivity index (χ1n) is 6.10. The first-order valence-corrected chi connectivity index (χ1v) is 6.10. The largest absolute Gasteiger partial charge is 0.397 e. The van der Waals surface area contributed by atoms with Gasteiger partial charge in [0.1, 0.15) is 5.82 Å². The molecular formula is C15H18FN3. The second-order valence-corrected chi connectivity index (χ2v) is 3.62. The van der Waals surface area contributed by atoms with Gasteiger partial charge in [0.2, 0.25) is 0 Å². The van der Waals surface area contributed by atoms with Gasteiger partial charge in [0, 0.05) is 6.21 Å². The number of nitrogens with zero attached hydrogens (tertiary/aromatic N) is 1. The molecule has 0 aliphatic rings. The van der Waals surface area contributed by atoms with Crippen LogP contribution in [-0.4, -0.2) is 6.21 Å². The molecule has 0 amide bonds. The van der Waals surface area contributed by atoms with Gasteiger partial charge in [-0.2, -0.15) is 0 Å². The fraction of sp³-hybridized carbons (Fsp3) is 0.133. The third kappa shape index (κ3) is 4.43. The lowest BCUT2D eigenvalue weighted by molar-refractivity contribution is 0.628. The Morgan fingerprint density at radius 1 is 0.947 bits per heavy atom. The van der Waals surface area contributed by atoms with Gasteiger partial charge in [0.25, 0.3) is 0 Å². The molecule has 0 unspecified atom stereocenters. The molecule has 0 bridgehead atoms. The Kier molecular flexibility index (Phi) is 5.54. The Labute approximate surface area is 112 Å². The van der Waals surface area contributed by atoms with E-state index >= 15 is 0 Å². The van der Waals surface area contributed by atoms with E-state index in [2.05, 4.69) is 4.99 Å². The summed E-state index contributed by atoms with van der Waals surface area (Å²) in [6, 6.07) is 11.2. The summed E-state index contributed by atoms with van der Waals surface area (Å²) in [5.74, 6) is -0.265. The smallest absolute Gasteiger partial charge is 0.123 e. The lowest BCUT2D eigenvalue weighted by atomic mass is 10.2. The zero-order valence-corrected chi connectivity index (χ0v) is 11.1. The molecule has 19 heavy (non-hydrogen) atoms. The van der Waals surface area contributed by atoms with E-state index in [9.17, 15) is 4.39 Å². The number of hydrogen-bond acceptors (Lipinski definition) is 3. The molecule has 0 spiro atoms. The van der Waals surface area contributed by atoms with E-state index in [1.807, 2.05) is 13.8 Å². The van der Waals surface area contributed by atoms with Gasteiger partial charge < -0.3 is 11.5 Å². The highest BCUT2D eigenvalue weighted by atomic mass is 19.1. The maximum Gasteiger partial charge on any atom is 0.123 e. The number of halogens is 1. The topological polar surface area (TPSA) is 64.4 Å². The zero-order valence-electron chi connectivity index (χ0n) is 11.1. The average Bonchev–Trinajstić information content (AvgIpc) is 2.44. The number of nitrogens with two attached hydrogens (primary N) is 2. The van der Waals surface area contributed by atoms with Gasteiger partial charge >= 0.3 is 0 Å². The minimum absolute atomic E-state index is 0.265. The molecule has 0 aliphatic carbocycles. The van der Waals surface area contributed by atoms with Crippen LogP contribution >= 0.6 is 0 Å². The summed E-state index contributed by atoms with van der Waals surface area (Å²) in [6.07, 6.45) is 1.64. The summed E-state index contributed by atoms with van der Waals surface area (Å²) >= 11 is 0. The van der Waals surface area contributed by atoms with Crippen molar-refractivity contribution in [2.75, 3.05) is 11.5 Å². The Morgan fingerprint density at radius 3 is 2.16 bits per heavy atom. The van der Waals surface area contributed by atoms with E-state index in [4.69, 9.17) is 11.5 Å². The van der Waals surface area contributed by atoms with Gasteiger partial charge in [-0.05, 0) is 35.9 Å². The third-order valence-corrected chi connectivity index (χ3v) is 2.30. The maximum absolute atomic E-state index is 12.7. The molecule has 0 heterocycles. The van der Waals surface area contributed by atoms with E-state index in [1.54, 1.807) is 36.5 Å². The third-order valence-electron chi connectivity index (χ3n) is 2.30. The predicted molar refractivity (Wildman–Crippen MR) is 80.3 cm³/mol. The number of anilines is 2. The van der Waals surface area contributed by atoms with Crippen LogP contribution < -0.4 is 11.5 Å². The van der Waals surface area contributed by atoms with Crippen LogP contribution in [0.15, 0.2) is 47.5 Å². The average molecular weight is 259 g/mol. The van der Waals surface area contributed by atoms with Crippen LogP contribution in [0.4, 0.5) is 21.5 Å². The van der Waals surface area contributed by atoms with Crippen molar-refractivity contribution in [2.24, 2.45) is 4.99 Å². The van der Waals surface area contributed by atoms with Gasteiger partial charge in [-0.25, -0.2) is 4.39 Å². The van der Waals surface area contributed by atoms with Crippen molar-refractivity contribution >= 4 is 23.3 Å². The monoisotopic (exact) mass is 259 g/mol. The van der Waals surface area contributed by atoms with Crippen molar-refractivity contribution in [3.05, 3.63) is 53.8 Å². The van der Waals surface area contributed by atoms with E-state index < -0.39 is 0 Å². The van der Waals surface area contributed by atoms with Crippen molar-refractivity contribution in [1.29, 1.82) is 0 Å². The molecule has 0 saturated carbocycles. The van der Waals surface area contributed by atoms with Crippen LogP contribution in [0.2, 0.25) is 0 Å². The second kappa shape index (κ2) is 7.16. The molecule has 0 fully saturated rings. The molecule has 0 aliphatic heterocycles.